The number of pyridine rings is 1. The lowest BCUT2D eigenvalue weighted by Gasteiger charge is -2.13. The van der Waals surface area contributed by atoms with Crippen LogP contribution in [0.5, 0.6) is 5.75 Å². The summed E-state index contributed by atoms with van der Waals surface area (Å²) < 4.78 is 34.0. The highest BCUT2D eigenvalue weighted by molar-refractivity contribution is 7.89. The number of unbranched alkanes of at least 4 members (excludes halogenated alkanes) is 1. The van der Waals surface area contributed by atoms with E-state index in [9.17, 15) is 18.3 Å². The van der Waals surface area contributed by atoms with Gasteiger partial charge in [0.1, 0.15) is 11.6 Å². The van der Waals surface area contributed by atoms with Crippen LogP contribution in [0.2, 0.25) is 10.0 Å². The third-order valence-corrected chi connectivity index (χ3v) is 6.76. The van der Waals surface area contributed by atoms with Gasteiger partial charge in [0.25, 0.3) is 0 Å². The fourth-order valence-corrected chi connectivity index (χ4v) is 4.89. The molecule has 3 rings (SSSR count). The van der Waals surface area contributed by atoms with Crippen LogP contribution in [0.25, 0.3) is 0 Å². The van der Waals surface area contributed by atoms with E-state index < -0.39 is 28.5 Å². The Labute approximate surface area is 226 Å². The summed E-state index contributed by atoms with van der Waals surface area (Å²) in [4.78, 5) is 15.4. The normalized spacial score (nSPS) is 11.7. The molecule has 0 saturated carbocycles. The van der Waals surface area contributed by atoms with E-state index in [0.29, 0.717) is 28.0 Å². The maximum atomic E-state index is 13.0. The number of benzene rings is 2. The highest BCUT2D eigenvalue weighted by Crippen LogP contribution is 2.20. The monoisotopic (exact) mass is 561 g/mol. The zero-order valence-corrected chi connectivity index (χ0v) is 22.0. The quantitative estimate of drug-likeness (QED) is 0.214. The molecule has 1 heterocycles. The average molecular weight is 562 g/mol. The van der Waals surface area contributed by atoms with E-state index in [1.807, 2.05) is 18.2 Å². The van der Waals surface area contributed by atoms with Crippen molar-refractivity contribution in [2.75, 3.05) is 18.5 Å². The van der Waals surface area contributed by atoms with E-state index in [1.54, 1.807) is 30.5 Å². The number of hydrogen-bond donors (Lipinski definition) is 3. The number of nitrogens with zero attached hydrogens (tertiary/aromatic N) is 1. The Balaban J connectivity index is 1.59. The van der Waals surface area contributed by atoms with Crippen LogP contribution in [-0.2, 0) is 14.8 Å². The lowest BCUT2D eigenvalue weighted by atomic mass is 10.2. The standard InChI is InChI=1S/C26H25Cl2N3O5S/c27-20-14-19(15-21(28)16-20)9-10-22(17-26(32)33)31-37(34,35)24-7-5-6-23(18-24)36-13-4-3-12-30-25-8-1-2-11-29-25/h1-2,5-8,11,14-16,18,22,31H,3-4,12-13,17H2,(H,29,30)(H,32,33)/t22-/m1/s1. The smallest absolute Gasteiger partial charge is 0.305 e. The number of carbonyl (C=O) groups is 1. The van der Waals surface area contributed by atoms with Crippen molar-refractivity contribution in [3.8, 4) is 17.6 Å². The van der Waals surface area contributed by atoms with Crippen molar-refractivity contribution in [1.82, 2.24) is 9.71 Å². The molecule has 0 spiro atoms. The summed E-state index contributed by atoms with van der Waals surface area (Å²) in [5, 5.41) is 13.2. The summed E-state index contributed by atoms with van der Waals surface area (Å²) in [5.41, 5.74) is 0.428. The van der Waals surface area contributed by atoms with Crippen molar-refractivity contribution in [2.45, 2.75) is 30.2 Å². The van der Waals surface area contributed by atoms with Crippen molar-refractivity contribution >= 4 is 45.0 Å². The molecule has 194 valence electrons. The maximum absolute atomic E-state index is 13.0. The summed E-state index contributed by atoms with van der Waals surface area (Å²) in [7, 11) is -4.08. The third-order valence-electron chi connectivity index (χ3n) is 4.86. The molecular weight excluding hydrogens is 537 g/mol. The molecule has 1 atom stereocenters. The molecule has 0 aliphatic rings. The topological polar surface area (TPSA) is 118 Å². The second-order valence-electron chi connectivity index (χ2n) is 7.87. The summed E-state index contributed by atoms with van der Waals surface area (Å²) in [6.07, 6.45) is 2.76. The summed E-state index contributed by atoms with van der Waals surface area (Å²) >= 11 is 11.9. The molecule has 8 nitrogen and oxygen atoms in total. The first-order valence-corrected chi connectivity index (χ1v) is 13.5. The first-order valence-electron chi connectivity index (χ1n) is 11.3. The number of nitrogens with one attached hydrogen (secondary N) is 2. The van der Waals surface area contributed by atoms with Gasteiger partial charge in [-0.2, -0.15) is 4.72 Å². The molecule has 0 amide bonds. The van der Waals surface area contributed by atoms with Crippen molar-refractivity contribution in [2.24, 2.45) is 0 Å². The van der Waals surface area contributed by atoms with Crippen LogP contribution in [0.4, 0.5) is 5.82 Å². The number of ether oxygens (including phenoxy) is 1. The molecule has 37 heavy (non-hydrogen) atoms. The van der Waals surface area contributed by atoms with Gasteiger partial charge in [-0.1, -0.05) is 47.2 Å². The number of anilines is 1. The Hall–Kier alpha value is -3.29. The highest BCUT2D eigenvalue weighted by Gasteiger charge is 2.21. The molecule has 0 unspecified atom stereocenters. The zero-order chi connectivity index (χ0) is 26.7. The fraction of sp³-hybridized carbons (Fsp3) is 0.231. The molecule has 3 aromatic rings. The van der Waals surface area contributed by atoms with Gasteiger partial charge >= 0.3 is 5.97 Å². The Kier molecular flexibility index (Phi) is 10.6. The minimum atomic E-state index is -4.08. The van der Waals surface area contributed by atoms with Crippen LogP contribution in [-0.4, -0.2) is 43.7 Å². The van der Waals surface area contributed by atoms with Gasteiger partial charge in [-0.3, -0.25) is 4.79 Å². The van der Waals surface area contributed by atoms with Crippen LogP contribution in [0.15, 0.2) is 71.8 Å². The average Bonchev–Trinajstić information content (AvgIpc) is 2.84. The first-order chi connectivity index (χ1) is 17.7. The SMILES string of the molecule is O=C(O)C[C@@H](C#Cc1cc(Cl)cc(Cl)c1)NS(=O)(=O)c1cccc(OCCCCNc2ccccn2)c1. The predicted octanol–water partition coefficient (Wildman–Crippen LogP) is 4.83. The van der Waals surface area contributed by atoms with E-state index in [0.717, 1.165) is 25.2 Å². The minimum absolute atomic E-state index is 0.0650. The van der Waals surface area contributed by atoms with Gasteiger partial charge in [-0.05, 0) is 55.3 Å². The second-order valence-corrected chi connectivity index (χ2v) is 10.5. The molecule has 0 aliphatic carbocycles. The number of hydrogen-bond acceptors (Lipinski definition) is 6. The molecule has 0 aliphatic heterocycles. The van der Waals surface area contributed by atoms with E-state index >= 15 is 0 Å². The number of aliphatic carboxylic acids is 1. The van der Waals surface area contributed by atoms with E-state index in [2.05, 4.69) is 26.9 Å². The zero-order valence-electron chi connectivity index (χ0n) is 19.7. The van der Waals surface area contributed by atoms with Gasteiger partial charge < -0.3 is 15.2 Å². The highest BCUT2D eigenvalue weighted by atomic mass is 35.5. The van der Waals surface area contributed by atoms with Crippen LogP contribution in [0.1, 0.15) is 24.8 Å². The Morgan fingerprint density at radius 3 is 2.54 bits per heavy atom. The lowest BCUT2D eigenvalue weighted by Crippen LogP contribution is -2.35. The Morgan fingerprint density at radius 1 is 1.05 bits per heavy atom. The first kappa shape index (κ1) is 28.3. The Morgan fingerprint density at radius 2 is 1.84 bits per heavy atom. The van der Waals surface area contributed by atoms with Gasteiger partial charge in [0.2, 0.25) is 10.0 Å². The van der Waals surface area contributed by atoms with E-state index in [4.69, 9.17) is 27.9 Å². The van der Waals surface area contributed by atoms with Crippen molar-refractivity contribution in [3.63, 3.8) is 0 Å². The van der Waals surface area contributed by atoms with Crippen molar-refractivity contribution in [1.29, 1.82) is 0 Å². The molecule has 2 aromatic carbocycles. The molecule has 0 saturated heterocycles. The van der Waals surface area contributed by atoms with Crippen LogP contribution >= 0.6 is 23.2 Å². The third kappa shape index (κ3) is 9.94. The van der Waals surface area contributed by atoms with Gasteiger partial charge in [-0.25, -0.2) is 13.4 Å². The molecule has 0 fully saturated rings. The van der Waals surface area contributed by atoms with E-state index in [1.165, 1.54) is 18.2 Å². The number of sulfonamides is 1. The fourth-order valence-electron chi connectivity index (χ4n) is 3.18. The number of halogens is 2. The predicted molar refractivity (Wildman–Crippen MR) is 144 cm³/mol. The Bertz CT molecular complexity index is 1360. The number of aromatic nitrogens is 1. The largest absolute Gasteiger partial charge is 0.494 e. The van der Waals surface area contributed by atoms with E-state index in [-0.39, 0.29) is 4.90 Å². The summed E-state index contributed by atoms with van der Waals surface area (Å²) in [6.45, 7) is 1.13. The number of carboxylic acid groups (broad SMARTS) is 1. The molecule has 0 radical (unpaired) electrons. The van der Waals surface area contributed by atoms with Crippen LogP contribution < -0.4 is 14.8 Å². The summed E-state index contributed by atoms with van der Waals surface area (Å²) in [5.74, 6) is 5.36. The molecule has 1 aromatic heterocycles. The molecule has 0 bridgehead atoms. The lowest BCUT2D eigenvalue weighted by molar-refractivity contribution is -0.137. The number of carboxylic acids is 1. The molecular formula is C26H25Cl2N3O5S. The van der Waals surface area contributed by atoms with Crippen LogP contribution in [0, 0.1) is 11.8 Å². The molecule has 11 heteroatoms. The van der Waals surface area contributed by atoms with Gasteiger partial charge in [0, 0.05) is 34.4 Å². The van der Waals surface area contributed by atoms with Gasteiger partial charge in [0.05, 0.1) is 24.0 Å². The second kappa shape index (κ2) is 13.9. The molecule has 3 N–H and O–H groups in total. The van der Waals surface area contributed by atoms with Crippen LogP contribution in [0.3, 0.4) is 0 Å². The number of rotatable bonds is 12. The minimum Gasteiger partial charge on any atom is -0.494 e. The van der Waals surface area contributed by atoms with Crippen molar-refractivity contribution in [3.05, 3.63) is 82.5 Å². The van der Waals surface area contributed by atoms with Gasteiger partial charge in [-0.15, -0.1) is 0 Å². The maximum Gasteiger partial charge on any atom is 0.305 e. The van der Waals surface area contributed by atoms with Crippen molar-refractivity contribution < 1.29 is 23.1 Å². The van der Waals surface area contributed by atoms with Gasteiger partial charge in [0.15, 0.2) is 0 Å². The summed E-state index contributed by atoms with van der Waals surface area (Å²) in [6, 6.07) is 15.1.